The van der Waals surface area contributed by atoms with Crippen LogP contribution in [0.4, 0.5) is 4.79 Å². The predicted octanol–water partition coefficient (Wildman–Crippen LogP) is -1.38. The number of hydrogen-bond donors (Lipinski definition) is 1. The molecule has 0 spiro atoms. The second-order valence-corrected chi connectivity index (χ2v) is 2.57. The lowest BCUT2D eigenvalue weighted by Gasteiger charge is -2.33. The van der Waals surface area contributed by atoms with E-state index in [1.165, 1.54) is 4.90 Å². The third-order valence-electron chi connectivity index (χ3n) is 1.63. The van der Waals surface area contributed by atoms with E-state index in [2.05, 4.69) is 5.32 Å². The second kappa shape index (κ2) is 2.88. The van der Waals surface area contributed by atoms with Gasteiger partial charge in [0.05, 0.1) is 0 Å². The first-order chi connectivity index (χ1) is 4.70. The molecule has 1 N–H and O–H groups in total. The molecular formula is C6H11N2O2-. The lowest BCUT2D eigenvalue weighted by molar-refractivity contribution is -0.266. The molecule has 0 aromatic rings. The molecule has 4 heteroatoms. The Morgan fingerprint density at radius 3 is 2.90 bits per heavy atom. The lowest BCUT2D eigenvalue weighted by atomic mass is 10.2. The Kier molecular flexibility index (Phi) is 2.11. The minimum absolute atomic E-state index is 0.256. The molecule has 0 unspecified atom stereocenters. The van der Waals surface area contributed by atoms with E-state index in [1.54, 1.807) is 0 Å². The number of carboxylic acid groups (broad SMARTS) is 1. The van der Waals surface area contributed by atoms with Gasteiger partial charge in [0.15, 0.2) is 0 Å². The monoisotopic (exact) mass is 143 g/mol. The van der Waals surface area contributed by atoms with E-state index in [-0.39, 0.29) is 6.04 Å². The van der Waals surface area contributed by atoms with Crippen LogP contribution in [0.25, 0.3) is 0 Å². The molecule has 0 saturated carbocycles. The van der Waals surface area contributed by atoms with E-state index in [4.69, 9.17) is 0 Å². The summed E-state index contributed by atoms with van der Waals surface area (Å²) in [5.41, 5.74) is 0. The van der Waals surface area contributed by atoms with E-state index in [0.29, 0.717) is 13.1 Å². The van der Waals surface area contributed by atoms with Crippen LogP contribution in [0.1, 0.15) is 6.92 Å². The maximum atomic E-state index is 10.3. The molecule has 0 radical (unpaired) electrons. The van der Waals surface area contributed by atoms with Gasteiger partial charge < -0.3 is 20.1 Å². The van der Waals surface area contributed by atoms with E-state index in [9.17, 15) is 9.90 Å². The van der Waals surface area contributed by atoms with Gasteiger partial charge in [-0.1, -0.05) is 0 Å². The smallest absolute Gasteiger partial charge is 0.137 e. The van der Waals surface area contributed by atoms with Crippen LogP contribution in [0, 0.1) is 0 Å². The highest BCUT2D eigenvalue weighted by atomic mass is 16.4. The Balaban J connectivity index is 2.39. The summed E-state index contributed by atoms with van der Waals surface area (Å²) in [5.74, 6) is 0. The number of nitrogens with one attached hydrogen (secondary N) is 1. The van der Waals surface area contributed by atoms with Crippen molar-refractivity contribution in [1.82, 2.24) is 10.2 Å². The molecule has 1 saturated heterocycles. The van der Waals surface area contributed by atoms with E-state index in [0.717, 1.165) is 6.54 Å². The highest BCUT2D eigenvalue weighted by Crippen LogP contribution is 1.96. The topological polar surface area (TPSA) is 55.4 Å². The highest BCUT2D eigenvalue weighted by Gasteiger charge is 2.13. The van der Waals surface area contributed by atoms with Gasteiger partial charge in [0.2, 0.25) is 0 Å². The zero-order chi connectivity index (χ0) is 7.56. The average Bonchev–Trinajstić information content (AvgIpc) is 1.88. The Hall–Kier alpha value is -0.770. The van der Waals surface area contributed by atoms with Crippen LogP contribution in [-0.2, 0) is 0 Å². The van der Waals surface area contributed by atoms with Crippen molar-refractivity contribution >= 4 is 6.09 Å². The molecule has 1 fully saturated rings. The summed E-state index contributed by atoms with van der Waals surface area (Å²) in [6.07, 6.45) is -1.06. The quantitative estimate of drug-likeness (QED) is 0.455. The van der Waals surface area contributed by atoms with Crippen molar-refractivity contribution < 1.29 is 9.90 Å². The lowest BCUT2D eigenvalue weighted by Crippen LogP contribution is -2.54. The van der Waals surface area contributed by atoms with Crippen molar-refractivity contribution in [2.24, 2.45) is 0 Å². The standard InChI is InChI=1S/C6H12N2O2/c1-5-4-8(6(9)10)3-2-7-5/h5,7H,2-4H2,1H3,(H,9,10)/p-1/t5-/m1/s1. The first-order valence-corrected chi connectivity index (χ1v) is 3.39. The van der Waals surface area contributed by atoms with Crippen molar-refractivity contribution in [3.8, 4) is 0 Å². The van der Waals surface area contributed by atoms with Crippen molar-refractivity contribution in [3.63, 3.8) is 0 Å². The summed E-state index contributed by atoms with van der Waals surface area (Å²) >= 11 is 0. The van der Waals surface area contributed by atoms with Crippen molar-refractivity contribution in [2.45, 2.75) is 13.0 Å². The molecule has 0 bridgehead atoms. The minimum atomic E-state index is -1.06. The number of nitrogens with zero attached hydrogens (tertiary/aromatic N) is 1. The molecule has 10 heavy (non-hydrogen) atoms. The van der Waals surface area contributed by atoms with Crippen LogP contribution in [0.15, 0.2) is 0 Å². The predicted molar refractivity (Wildman–Crippen MR) is 34.4 cm³/mol. The fourth-order valence-electron chi connectivity index (χ4n) is 1.10. The number of hydrogen-bond acceptors (Lipinski definition) is 3. The number of rotatable bonds is 0. The van der Waals surface area contributed by atoms with Gasteiger partial charge in [-0.05, 0) is 6.92 Å². The fourth-order valence-corrected chi connectivity index (χ4v) is 1.10. The molecule has 1 atom stereocenters. The third kappa shape index (κ3) is 1.60. The molecule has 4 nitrogen and oxygen atoms in total. The van der Waals surface area contributed by atoms with Crippen LogP contribution < -0.4 is 10.4 Å². The van der Waals surface area contributed by atoms with Gasteiger partial charge >= 0.3 is 0 Å². The van der Waals surface area contributed by atoms with Crippen molar-refractivity contribution in [1.29, 1.82) is 0 Å². The van der Waals surface area contributed by atoms with Crippen LogP contribution in [0.5, 0.6) is 0 Å². The Bertz CT molecular complexity index is 138. The summed E-state index contributed by atoms with van der Waals surface area (Å²) in [4.78, 5) is 11.6. The summed E-state index contributed by atoms with van der Waals surface area (Å²) in [6.45, 7) is 3.78. The molecule has 0 aromatic carbocycles. The zero-order valence-electron chi connectivity index (χ0n) is 5.96. The average molecular weight is 143 g/mol. The SMILES string of the molecule is C[C@@H]1CN(C(=O)[O-])CCN1. The summed E-state index contributed by atoms with van der Waals surface area (Å²) in [6, 6.07) is 0.256. The summed E-state index contributed by atoms with van der Waals surface area (Å²) in [7, 11) is 0. The van der Waals surface area contributed by atoms with Crippen molar-refractivity contribution in [2.75, 3.05) is 19.6 Å². The van der Waals surface area contributed by atoms with E-state index < -0.39 is 6.09 Å². The number of carbonyl (C=O) groups excluding carboxylic acids is 1. The Morgan fingerprint density at radius 2 is 2.50 bits per heavy atom. The number of amides is 1. The largest absolute Gasteiger partial charge is 0.530 e. The zero-order valence-corrected chi connectivity index (χ0v) is 5.96. The summed E-state index contributed by atoms with van der Waals surface area (Å²) < 4.78 is 0. The third-order valence-corrected chi connectivity index (χ3v) is 1.63. The van der Waals surface area contributed by atoms with Gasteiger partial charge in [-0.25, -0.2) is 0 Å². The molecule has 1 aliphatic rings. The fraction of sp³-hybridized carbons (Fsp3) is 0.833. The molecule has 1 aliphatic heterocycles. The van der Waals surface area contributed by atoms with Crippen molar-refractivity contribution in [3.05, 3.63) is 0 Å². The van der Waals surface area contributed by atoms with Gasteiger partial charge in [0.25, 0.3) is 0 Å². The number of piperazine rings is 1. The van der Waals surface area contributed by atoms with Crippen LogP contribution >= 0.6 is 0 Å². The molecular weight excluding hydrogens is 132 g/mol. The molecule has 1 heterocycles. The van der Waals surface area contributed by atoms with E-state index in [1.807, 2.05) is 6.92 Å². The van der Waals surface area contributed by atoms with Crippen LogP contribution in [-0.4, -0.2) is 36.7 Å². The van der Waals surface area contributed by atoms with Crippen LogP contribution in [0.2, 0.25) is 0 Å². The first-order valence-electron chi connectivity index (χ1n) is 3.39. The molecule has 1 amide bonds. The second-order valence-electron chi connectivity index (χ2n) is 2.57. The maximum absolute atomic E-state index is 10.3. The van der Waals surface area contributed by atoms with Gasteiger partial charge in [-0.15, -0.1) is 0 Å². The van der Waals surface area contributed by atoms with E-state index >= 15 is 0 Å². The maximum Gasteiger partial charge on any atom is 0.137 e. The molecule has 0 aliphatic carbocycles. The van der Waals surface area contributed by atoms with Gasteiger partial charge in [0.1, 0.15) is 6.09 Å². The summed E-state index contributed by atoms with van der Waals surface area (Å²) in [5, 5.41) is 13.4. The Morgan fingerprint density at radius 1 is 1.80 bits per heavy atom. The Labute approximate surface area is 59.8 Å². The molecule has 1 rings (SSSR count). The number of carbonyl (C=O) groups is 1. The molecule has 58 valence electrons. The van der Waals surface area contributed by atoms with Crippen LogP contribution in [0.3, 0.4) is 0 Å². The molecule has 0 aromatic heterocycles. The normalized spacial score (nSPS) is 26.5. The highest BCUT2D eigenvalue weighted by molar-refractivity contribution is 5.62. The van der Waals surface area contributed by atoms with Gasteiger partial charge in [0, 0.05) is 25.7 Å². The minimum Gasteiger partial charge on any atom is -0.530 e. The van der Waals surface area contributed by atoms with Gasteiger partial charge in [-0.2, -0.15) is 0 Å². The first kappa shape index (κ1) is 7.34. The van der Waals surface area contributed by atoms with Gasteiger partial charge in [-0.3, -0.25) is 0 Å².